The molecule has 4 heteroatoms. The number of carbonyl (C=O) groups excluding carboxylic acids is 2. The van der Waals surface area contributed by atoms with E-state index in [0.717, 1.165) is 37.7 Å². The van der Waals surface area contributed by atoms with Crippen LogP contribution in [0.3, 0.4) is 0 Å². The zero-order valence-electron chi connectivity index (χ0n) is 15.4. The Bertz CT molecular complexity index is 571. The third-order valence-corrected chi connectivity index (χ3v) is 6.90. The normalized spacial score (nSPS) is 16.1. The highest BCUT2D eigenvalue weighted by Crippen LogP contribution is 2.27. The van der Waals surface area contributed by atoms with Crippen LogP contribution in [0.2, 0.25) is 0 Å². The largest absolute Gasteiger partial charge is 0.293 e. The first kappa shape index (κ1) is 20.6. The van der Waals surface area contributed by atoms with Gasteiger partial charge in [0.25, 0.3) is 0 Å². The third-order valence-electron chi connectivity index (χ3n) is 5.12. The summed E-state index contributed by atoms with van der Waals surface area (Å²) in [6.07, 6.45) is 14.5. The lowest BCUT2D eigenvalue weighted by atomic mass is 9.83. The van der Waals surface area contributed by atoms with E-state index in [2.05, 4.69) is 18.6 Å². The highest BCUT2D eigenvalue weighted by Gasteiger charge is 2.25. The standard InChI is InChI=1S/C21H29O2S2/c1-24-14-13-18(25-2)10-5-9-17(15-22)21(23)20-12-6-8-16-7-3-4-11-19(16)20/h6,8,12,17-18H,3-5,7,9-11,13-14H2,1-2H3. The molecule has 2 rings (SSSR count). The lowest BCUT2D eigenvalue weighted by Gasteiger charge is -2.20. The molecule has 2 atom stereocenters. The fourth-order valence-corrected chi connectivity index (χ4v) is 5.05. The van der Waals surface area contributed by atoms with E-state index in [-0.39, 0.29) is 5.78 Å². The Labute approximate surface area is 160 Å². The number of aryl methyl sites for hydroxylation is 1. The van der Waals surface area contributed by atoms with Crippen molar-refractivity contribution < 1.29 is 9.59 Å². The molecule has 1 aromatic rings. The number of carbonyl (C=O) groups is 1. The van der Waals surface area contributed by atoms with Crippen LogP contribution in [0.1, 0.15) is 60.0 Å². The van der Waals surface area contributed by atoms with Gasteiger partial charge in [-0.05, 0) is 74.3 Å². The highest BCUT2D eigenvalue weighted by molar-refractivity contribution is 7.99. The Morgan fingerprint density at radius 2 is 1.96 bits per heavy atom. The lowest BCUT2D eigenvalue weighted by molar-refractivity contribution is 0.0946. The molecule has 137 valence electrons. The number of hydrogen-bond acceptors (Lipinski definition) is 4. The molecule has 2 nitrogen and oxygen atoms in total. The molecule has 0 amide bonds. The second-order valence-electron chi connectivity index (χ2n) is 6.76. The van der Waals surface area contributed by atoms with Crippen molar-refractivity contribution in [2.24, 2.45) is 5.92 Å². The zero-order chi connectivity index (χ0) is 18.1. The van der Waals surface area contributed by atoms with Gasteiger partial charge in [0, 0.05) is 10.8 Å². The second kappa shape index (κ2) is 11.1. The van der Waals surface area contributed by atoms with Crippen molar-refractivity contribution in [1.29, 1.82) is 0 Å². The van der Waals surface area contributed by atoms with Gasteiger partial charge in [0.1, 0.15) is 0 Å². The lowest BCUT2D eigenvalue weighted by Crippen LogP contribution is -2.20. The smallest absolute Gasteiger partial charge is 0.209 e. The maximum Gasteiger partial charge on any atom is 0.209 e. The van der Waals surface area contributed by atoms with Gasteiger partial charge in [-0.1, -0.05) is 24.6 Å². The minimum absolute atomic E-state index is 0.0152. The van der Waals surface area contributed by atoms with Crippen LogP contribution < -0.4 is 0 Å². The molecule has 1 aliphatic carbocycles. The minimum Gasteiger partial charge on any atom is -0.293 e. The summed E-state index contributed by atoms with van der Waals surface area (Å²) in [5.74, 6) is 0.555. The van der Waals surface area contributed by atoms with Crippen LogP contribution in [0, 0.1) is 5.92 Å². The molecule has 2 unspecified atom stereocenters. The van der Waals surface area contributed by atoms with E-state index in [1.54, 1.807) is 0 Å². The van der Waals surface area contributed by atoms with Crippen molar-refractivity contribution in [3.8, 4) is 0 Å². The maximum absolute atomic E-state index is 12.9. The van der Waals surface area contributed by atoms with Crippen LogP contribution in [0.5, 0.6) is 0 Å². The summed E-state index contributed by atoms with van der Waals surface area (Å²) in [4.78, 5) is 24.3. The molecular weight excluding hydrogens is 348 g/mol. The molecule has 0 saturated heterocycles. The molecule has 0 N–H and O–H groups in total. The average Bonchev–Trinajstić information content (AvgIpc) is 2.66. The van der Waals surface area contributed by atoms with Crippen molar-refractivity contribution >= 4 is 35.6 Å². The third kappa shape index (κ3) is 5.89. The topological polar surface area (TPSA) is 34.1 Å². The number of hydrogen-bond donors (Lipinski definition) is 0. The molecule has 0 aromatic heterocycles. The summed E-state index contributed by atoms with van der Waals surface area (Å²) in [5.41, 5.74) is 3.25. The molecule has 1 aliphatic rings. The van der Waals surface area contributed by atoms with E-state index < -0.39 is 5.92 Å². The van der Waals surface area contributed by atoms with Crippen molar-refractivity contribution in [2.75, 3.05) is 18.3 Å². The van der Waals surface area contributed by atoms with E-state index in [0.29, 0.717) is 11.7 Å². The average molecular weight is 378 g/mol. The van der Waals surface area contributed by atoms with Gasteiger partial charge in [-0.25, -0.2) is 0 Å². The Kier molecular flexibility index (Phi) is 9.11. The van der Waals surface area contributed by atoms with E-state index in [9.17, 15) is 9.59 Å². The molecule has 1 aromatic carbocycles. The predicted octanol–water partition coefficient (Wildman–Crippen LogP) is 5.13. The monoisotopic (exact) mass is 377 g/mol. The molecule has 0 bridgehead atoms. The maximum atomic E-state index is 12.9. The van der Waals surface area contributed by atoms with E-state index in [1.807, 2.05) is 41.9 Å². The van der Waals surface area contributed by atoms with E-state index in [1.165, 1.54) is 29.7 Å². The molecule has 0 aliphatic heterocycles. The van der Waals surface area contributed by atoms with Gasteiger partial charge < -0.3 is 0 Å². The van der Waals surface area contributed by atoms with E-state index in [4.69, 9.17) is 0 Å². The molecule has 25 heavy (non-hydrogen) atoms. The number of rotatable bonds is 11. The minimum atomic E-state index is -0.600. The van der Waals surface area contributed by atoms with Gasteiger partial charge in [0.15, 0.2) is 5.78 Å². The fraction of sp³-hybridized carbons (Fsp3) is 0.619. The van der Waals surface area contributed by atoms with Crippen molar-refractivity contribution in [3.05, 3.63) is 34.9 Å². The van der Waals surface area contributed by atoms with Crippen LogP contribution in [0.15, 0.2) is 18.2 Å². The number of thioether (sulfide) groups is 2. The molecule has 0 saturated carbocycles. The summed E-state index contributed by atoms with van der Waals surface area (Å²) in [6.45, 7) is 0. The van der Waals surface area contributed by atoms with Crippen molar-refractivity contribution in [3.63, 3.8) is 0 Å². The summed E-state index contributed by atoms with van der Waals surface area (Å²) in [6, 6.07) is 5.99. The zero-order valence-corrected chi connectivity index (χ0v) is 17.0. The van der Waals surface area contributed by atoms with Crippen LogP contribution >= 0.6 is 23.5 Å². The number of fused-ring (bicyclic) bond motifs is 1. The van der Waals surface area contributed by atoms with Crippen LogP contribution in [-0.4, -0.2) is 35.6 Å². The highest BCUT2D eigenvalue weighted by atomic mass is 32.2. The first-order valence-corrected chi connectivity index (χ1v) is 11.9. The van der Waals surface area contributed by atoms with Crippen LogP contribution in [-0.2, 0) is 17.6 Å². The van der Waals surface area contributed by atoms with Crippen LogP contribution in [0.25, 0.3) is 0 Å². The van der Waals surface area contributed by atoms with Gasteiger partial charge in [0.05, 0.1) is 5.92 Å². The Balaban J connectivity index is 1.96. The van der Waals surface area contributed by atoms with Gasteiger partial charge >= 0.3 is 0 Å². The Morgan fingerprint density at radius 1 is 1.16 bits per heavy atom. The predicted molar refractivity (Wildman–Crippen MR) is 111 cm³/mol. The SMILES string of the molecule is CSCCC(CCCC([C]=O)C(=O)c1cccc2c1CCCC2)SC. The quantitative estimate of drug-likeness (QED) is 0.395. The molecule has 1 radical (unpaired) electrons. The summed E-state index contributed by atoms with van der Waals surface area (Å²) >= 11 is 3.77. The molecular formula is C21H29O2S2. The van der Waals surface area contributed by atoms with Gasteiger partial charge in [-0.2, -0.15) is 23.5 Å². The number of benzene rings is 1. The van der Waals surface area contributed by atoms with Gasteiger partial charge in [-0.15, -0.1) is 0 Å². The molecule has 0 spiro atoms. The van der Waals surface area contributed by atoms with E-state index >= 15 is 0 Å². The Hall–Kier alpha value is -0.740. The summed E-state index contributed by atoms with van der Waals surface area (Å²) < 4.78 is 0. The van der Waals surface area contributed by atoms with Crippen LogP contribution in [0.4, 0.5) is 0 Å². The first-order chi connectivity index (χ1) is 12.2. The van der Waals surface area contributed by atoms with Crippen molar-refractivity contribution in [2.45, 2.75) is 56.6 Å². The summed E-state index contributed by atoms with van der Waals surface area (Å²) in [7, 11) is 0. The number of ketones is 1. The first-order valence-electron chi connectivity index (χ1n) is 9.25. The molecule has 0 heterocycles. The van der Waals surface area contributed by atoms with Gasteiger partial charge in [-0.3, -0.25) is 9.59 Å². The Morgan fingerprint density at radius 3 is 2.68 bits per heavy atom. The number of Topliss-reactive ketones (excluding diaryl/α,β-unsaturated/α-hetero) is 1. The van der Waals surface area contributed by atoms with Gasteiger partial charge in [0.2, 0.25) is 6.29 Å². The summed E-state index contributed by atoms with van der Waals surface area (Å²) in [5, 5.41) is 0.624. The van der Waals surface area contributed by atoms with Crippen molar-refractivity contribution in [1.82, 2.24) is 0 Å². The molecule has 0 fully saturated rings. The second-order valence-corrected chi connectivity index (χ2v) is 8.88. The fourth-order valence-electron chi connectivity index (χ4n) is 3.62.